The van der Waals surface area contributed by atoms with Crippen molar-refractivity contribution in [2.24, 2.45) is 23.7 Å². The third-order valence-electron chi connectivity index (χ3n) is 15.7. The predicted molar refractivity (Wildman–Crippen MR) is 331 cm³/mol. The van der Waals surface area contributed by atoms with Crippen molar-refractivity contribution < 1.29 is 80.2 Å². The summed E-state index contributed by atoms with van der Waals surface area (Å²) in [5, 5.41) is 10.5. The van der Waals surface area contributed by atoms with Crippen LogP contribution in [0.2, 0.25) is 0 Å². The summed E-state index contributed by atoms with van der Waals surface area (Å²) in [7, 11) is -9.89. The minimum atomic E-state index is -4.95. The van der Waals surface area contributed by atoms with Crippen LogP contribution >= 0.6 is 15.6 Å². The van der Waals surface area contributed by atoms with Crippen molar-refractivity contribution in [2.75, 3.05) is 39.6 Å². The minimum Gasteiger partial charge on any atom is -0.462 e. The highest BCUT2D eigenvalue weighted by Crippen LogP contribution is 2.45. The molecule has 0 aliphatic heterocycles. The Hall–Kier alpha value is -1.94. The molecule has 0 aromatic carbocycles. The van der Waals surface area contributed by atoms with Crippen molar-refractivity contribution in [1.29, 1.82) is 0 Å². The third-order valence-corrected chi connectivity index (χ3v) is 17.6. The number of esters is 4. The highest BCUT2D eigenvalue weighted by molar-refractivity contribution is 7.47. The lowest BCUT2D eigenvalue weighted by atomic mass is 9.99. The van der Waals surface area contributed by atoms with Gasteiger partial charge in [0.1, 0.15) is 19.3 Å². The maximum absolute atomic E-state index is 13.0. The number of carbonyl (C=O) groups is 4. The van der Waals surface area contributed by atoms with E-state index in [1.54, 1.807) is 0 Å². The Morgan fingerprint density at radius 2 is 0.578 bits per heavy atom. The number of rotatable bonds is 61. The molecule has 0 aliphatic carbocycles. The summed E-state index contributed by atoms with van der Waals surface area (Å²) in [6, 6.07) is 0. The Bertz CT molecular complexity index is 1670. The maximum atomic E-state index is 13.0. The number of hydrogen-bond acceptors (Lipinski definition) is 15. The zero-order valence-electron chi connectivity index (χ0n) is 53.8. The Morgan fingerprint density at radius 3 is 0.855 bits per heavy atom. The molecular formula is C64H124O17P2. The van der Waals surface area contributed by atoms with Crippen LogP contribution in [-0.4, -0.2) is 96.7 Å². The number of aliphatic hydroxyl groups is 1. The molecule has 0 fully saturated rings. The van der Waals surface area contributed by atoms with E-state index in [0.29, 0.717) is 25.7 Å². The standard InChI is InChI=1S/C64H124O17P2/c1-9-55(6)41-33-25-17-13-15-19-30-38-46-63(68)80-59(50-74-61(66)44-36-28-18-14-12-16-24-32-40-54(4)5)52-78-82(70,71)76-48-58(65)49-77-83(72,73)79-53-60(81-64(69)47-39-31-23-21-27-35-43-57(8)11-3)51-75-62(67)45-37-29-22-20-26-34-42-56(7)10-2/h54-60,65H,9-53H2,1-8H3,(H,70,71)(H,72,73)/t55?,56?,57?,58-,59-,60-/m1/s1. The molecule has 5 unspecified atom stereocenters. The van der Waals surface area contributed by atoms with Crippen molar-refractivity contribution >= 4 is 39.5 Å². The molecule has 0 amide bonds. The summed E-state index contributed by atoms with van der Waals surface area (Å²) < 4.78 is 68.0. The molecule has 83 heavy (non-hydrogen) atoms. The predicted octanol–water partition coefficient (Wildman–Crippen LogP) is 17.4. The van der Waals surface area contributed by atoms with E-state index in [4.69, 9.17) is 37.0 Å². The second-order valence-corrected chi connectivity index (χ2v) is 27.3. The molecule has 0 heterocycles. The first-order chi connectivity index (χ1) is 39.7. The van der Waals surface area contributed by atoms with E-state index in [1.165, 1.54) is 103 Å². The molecule has 0 aromatic heterocycles. The normalized spacial score (nSPS) is 15.4. The van der Waals surface area contributed by atoms with E-state index < -0.39 is 97.5 Å². The van der Waals surface area contributed by atoms with Crippen LogP contribution in [0, 0.1) is 23.7 Å². The van der Waals surface area contributed by atoms with Gasteiger partial charge in [-0.15, -0.1) is 0 Å². The number of carbonyl (C=O) groups excluding carboxylic acids is 4. The van der Waals surface area contributed by atoms with Gasteiger partial charge in [-0.1, -0.05) is 254 Å². The SMILES string of the molecule is CCC(C)CCCCCCCCCCC(=O)O[C@H](COC(=O)CCCCCCCCCCC(C)C)COP(=O)(O)OC[C@@H](O)COP(=O)(O)OC[C@@H](COC(=O)CCCCCCCCC(C)CC)OC(=O)CCCCCCCCC(C)CC. The van der Waals surface area contributed by atoms with E-state index in [9.17, 15) is 43.2 Å². The van der Waals surface area contributed by atoms with E-state index >= 15 is 0 Å². The highest BCUT2D eigenvalue weighted by Gasteiger charge is 2.30. The topological polar surface area (TPSA) is 237 Å². The molecule has 492 valence electrons. The summed E-state index contributed by atoms with van der Waals surface area (Å²) in [5.41, 5.74) is 0. The molecule has 0 spiro atoms. The maximum Gasteiger partial charge on any atom is 0.472 e. The van der Waals surface area contributed by atoms with Crippen LogP contribution in [0.1, 0.15) is 306 Å². The molecule has 0 radical (unpaired) electrons. The van der Waals surface area contributed by atoms with Crippen molar-refractivity contribution in [3.8, 4) is 0 Å². The van der Waals surface area contributed by atoms with Gasteiger partial charge < -0.3 is 33.8 Å². The first-order valence-corrected chi connectivity index (χ1v) is 36.3. The van der Waals surface area contributed by atoms with Crippen molar-refractivity contribution in [1.82, 2.24) is 0 Å². The van der Waals surface area contributed by atoms with Crippen LogP contribution in [0.25, 0.3) is 0 Å². The molecule has 0 rings (SSSR count). The van der Waals surface area contributed by atoms with Crippen LogP contribution in [-0.2, 0) is 65.4 Å². The lowest BCUT2D eigenvalue weighted by molar-refractivity contribution is -0.161. The molecule has 19 heteroatoms. The molecule has 0 aliphatic rings. The van der Waals surface area contributed by atoms with Gasteiger partial charge in [-0.3, -0.25) is 37.3 Å². The quantitative estimate of drug-likeness (QED) is 0.0222. The zero-order chi connectivity index (χ0) is 61.8. The summed E-state index contributed by atoms with van der Waals surface area (Å²) in [6.45, 7) is 14.0. The number of unbranched alkanes of at least 4 members (excludes halogenated alkanes) is 24. The van der Waals surface area contributed by atoms with E-state index in [0.717, 1.165) is 120 Å². The average molecular weight is 1230 g/mol. The van der Waals surface area contributed by atoms with Crippen LogP contribution in [0.3, 0.4) is 0 Å². The van der Waals surface area contributed by atoms with E-state index in [1.807, 2.05) is 0 Å². The summed E-state index contributed by atoms with van der Waals surface area (Å²) in [6.07, 6.45) is 33.5. The fourth-order valence-electron chi connectivity index (χ4n) is 9.33. The number of ether oxygens (including phenoxy) is 4. The van der Waals surface area contributed by atoms with Gasteiger partial charge in [0.25, 0.3) is 0 Å². The Labute approximate surface area is 505 Å². The van der Waals surface area contributed by atoms with Gasteiger partial charge in [-0.2, -0.15) is 0 Å². The Balaban J connectivity index is 5.27. The zero-order valence-corrected chi connectivity index (χ0v) is 55.6. The van der Waals surface area contributed by atoms with E-state index in [2.05, 4.69) is 55.4 Å². The Kier molecular flexibility index (Phi) is 53.0. The van der Waals surface area contributed by atoms with Gasteiger partial charge in [0.15, 0.2) is 12.2 Å². The number of phosphoric acid groups is 2. The van der Waals surface area contributed by atoms with Crippen LogP contribution in [0.15, 0.2) is 0 Å². The van der Waals surface area contributed by atoms with Crippen LogP contribution < -0.4 is 0 Å². The monoisotopic (exact) mass is 1230 g/mol. The van der Waals surface area contributed by atoms with Crippen molar-refractivity contribution in [3.63, 3.8) is 0 Å². The van der Waals surface area contributed by atoms with E-state index in [-0.39, 0.29) is 25.7 Å². The largest absolute Gasteiger partial charge is 0.472 e. The number of phosphoric ester groups is 2. The lowest BCUT2D eigenvalue weighted by Gasteiger charge is -2.21. The average Bonchev–Trinajstić information content (AvgIpc) is 3.46. The molecule has 17 nitrogen and oxygen atoms in total. The summed E-state index contributed by atoms with van der Waals surface area (Å²) in [4.78, 5) is 72.2. The van der Waals surface area contributed by atoms with Gasteiger partial charge in [0.2, 0.25) is 0 Å². The first kappa shape index (κ1) is 81.1. The van der Waals surface area contributed by atoms with Gasteiger partial charge in [0.05, 0.1) is 26.4 Å². The fraction of sp³-hybridized carbons (Fsp3) is 0.938. The second kappa shape index (κ2) is 54.2. The van der Waals surface area contributed by atoms with Gasteiger partial charge in [-0.05, 0) is 49.4 Å². The Morgan fingerprint density at radius 1 is 0.337 bits per heavy atom. The number of aliphatic hydroxyl groups excluding tert-OH is 1. The van der Waals surface area contributed by atoms with Gasteiger partial charge >= 0.3 is 39.5 Å². The summed E-state index contributed by atoms with van der Waals surface area (Å²) in [5.74, 6) is 0.804. The van der Waals surface area contributed by atoms with Crippen LogP contribution in [0.4, 0.5) is 0 Å². The highest BCUT2D eigenvalue weighted by atomic mass is 31.2. The second-order valence-electron chi connectivity index (χ2n) is 24.4. The van der Waals surface area contributed by atoms with Crippen LogP contribution in [0.5, 0.6) is 0 Å². The third kappa shape index (κ3) is 55.1. The molecule has 0 saturated heterocycles. The van der Waals surface area contributed by atoms with Gasteiger partial charge in [0, 0.05) is 25.7 Å². The smallest absolute Gasteiger partial charge is 0.462 e. The molecule has 3 N–H and O–H groups in total. The van der Waals surface area contributed by atoms with Gasteiger partial charge in [-0.25, -0.2) is 9.13 Å². The van der Waals surface area contributed by atoms with Crippen molar-refractivity contribution in [2.45, 2.75) is 324 Å². The molecular weight excluding hydrogens is 1100 g/mol. The van der Waals surface area contributed by atoms with Crippen molar-refractivity contribution in [3.05, 3.63) is 0 Å². The summed E-state index contributed by atoms with van der Waals surface area (Å²) >= 11 is 0. The minimum absolute atomic E-state index is 0.101. The number of hydrogen-bond donors (Lipinski definition) is 3. The molecule has 8 atom stereocenters. The first-order valence-electron chi connectivity index (χ1n) is 33.3. The molecule has 0 saturated carbocycles. The molecule has 0 aromatic rings. The lowest BCUT2D eigenvalue weighted by Crippen LogP contribution is -2.30. The molecule has 0 bridgehead atoms. The fourth-order valence-corrected chi connectivity index (χ4v) is 10.9.